The Labute approximate surface area is 182 Å². The highest BCUT2D eigenvalue weighted by Gasteiger charge is 2.07. The summed E-state index contributed by atoms with van der Waals surface area (Å²) in [7, 11) is 3.50. The monoisotopic (exact) mass is 501 g/mol. The first-order valence-corrected chi connectivity index (χ1v) is 9.61. The molecule has 0 aliphatic carbocycles. The van der Waals surface area contributed by atoms with E-state index in [1.54, 1.807) is 30.3 Å². The summed E-state index contributed by atoms with van der Waals surface area (Å²) in [6.07, 6.45) is 2.94. The quantitative estimate of drug-likeness (QED) is 0.347. The number of thiazole rings is 1. The van der Waals surface area contributed by atoms with Crippen LogP contribution in [0.25, 0.3) is 0 Å². The molecule has 8 heteroatoms. The van der Waals surface area contributed by atoms with Crippen LogP contribution in [0.3, 0.4) is 0 Å². The van der Waals surface area contributed by atoms with E-state index in [4.69, 9.17) is 0 Å². The van der Waals surface area contributed by atoms with Crippen molar-refractivity contribution in [3.8, 4) is 0 Å². The number of hydrogen-bond donors (Lipinski definition) is 2. The summed E-state index contributed by atoms with van der Waals surface area (Å²) < 4.78 is 0. The summed E-state index contributed by atoms with van der Waals surface area (Å²) in [6.45, 7) is 6.17. The second-order valence-corrected chi connectivity index (χ2v) is 7.22. The van der Waals surface area contributed by atoms with Crippen LogP contribution in [0.15, 0.2) is 35.5 Å². The summed E-state index contributed by atoms with van der Waals surface area (Å²) in [5.41, 5.74) is 1.74. The summed E-state index contributed by atoms with van der Waals surface area (Å²) >= 11 is 1.72. The van der Waals surface area contributed by atoms with Crippen molar-refractivity contribution in [3.63, 3.8) is 0 Å². The lowest BCUT2D eigenvalue weighted by molar-refractivity contribution is 0.0827. The van der Waals surface area contributed by atoms with Gasteiger partial charge in [0.1, 0.15) is 5.01 Å². The molecule has 1 heterocycles. The number of guanidine groups is 1. The fraction of sp³-hybridized carbons (Fsp3) is 0.421. The van der Waals surface area contributed by atoms with Gasteiger partial charge < -0.3 is 15.5 Å². The number of carbonyl (C=O) groups excluding carboxylic acids is 1. The Morgan fingerprint density at radius 2 is 1.89 bits per heavy atom. The first kappa shape index (κ1) is 23.4. The SMILES string of the molecule is CCNC(=NCc1ccc(C(=O)N(C)C)cc1)NCc1ncc(CC)s1.I. The fourth-order valence-corrected chi connectivity index (χ4v) is 3.08. The number of halogens is 1. The molecule has 1 amide bonds. The van der Waals surface area contributed by atoms with Crippen molar-refractivity contribution in [2.45, 2.75) is 33.4 Å². The molecule has 2 rings (SSSR count). The first-order valence-electron chi connectivity index (χ1n) is 8.79. The topological polar surface area (TPSA) is 69.6 Å². The molecule has 0 atom stereocenters. The molecule has 1 aromatic carbocycles. The Hall–Kier alpha value is -1.68. The van der Waals surface area contributed by atoms with E-state index in [0.29, 0.717) is 18.7 Å². The average molecular weight is 501 g/mol. The lowest BCUT2D eigenvalue weighted by Gasteiger charge is -2.11. The molecule has 0 aliphatic heterocycles. The molecule has 0 spiro atoms. The number of aliphatic imine (C=N–C) groups is 1. The van der Waals surface area contributed by atoms with Gasteiger partial charge in [0, 0.05) is 37.3 Å². The molecule has 1 aromatic heterocycles. The number of benzene rings is 1. The maximum Gasteiger partial charge on any atom is 0.253 e. The third-order valence-electron chi connectivity index (χ3n) is 3.73. The zero-order valence-corrected chi connectivity index (χ0v) is 19.4. The lowest BCUT2D eigenvalue weighted by atomic mass is 10.1. The minimum Gasteiger partial charge on any atom is -0.357 e. The molecule has 0 saturated carbocycles. The van der Waals surface area contributed by atoms with Crippen molar-refractivity contribution >= 4 is 47.2 Å². The molecular formula is C19H28IN5OS. The molecule has 0 unspecified atom stereocenters. The van der Waals surface area contributed by atoms with Crippen LogP contribution < -0.4 is 10.6 Å². The predicted octanol–water partition coefficient (Wildman–Crippen LogP) is 3.28. The van der Waals surface area contributed by atoms with Gasteiger partial charge in [-0.25, -0.2) is 9.98 Å². The van der Waals surface area contributed by atoms with Gasteiger partial charge in [0.2, 0.25) is 0 Å². The number of aromatic nitrogens is 1. The Bertz CT molecular complexity index is 743. The largest absolute Gasteiger partial charge is 0.357 e. The van der Waals surface area contributed by atoms with E-state index in [1.165, 1.54) is 4.88 Å². The molecule has 0 aliphatic rings. The van der Waals surface area contributed by atoms with Crippen molar-refractivity contribution in [3.05, 3.63) is 51.5 Å². The average Bonchev–Trinajstić information content (AvgIpc) is 3.12. The predicted molar refractivity (Wildman–Crippen MR) is 123 cm³/mol. The maximum absolute atomic E-state index is 11.9. The van der Waals surface area contributed by atoms with Crippen LogP contribution in [-0.4, -0.2) is 42.4 Å². The second kappa shape index (κ2) is 11.9. The molecular weight excluding hydrogens is 473 g/mol. The molecule has 2 N–H and O–H groups in total. The highest BCUT2D eigenvalue weighted by molar-refractivity contribution is 14.0. The van der Waals surface area contributed by atoms with Crippen LogP contribution in [-0.2, 0) is 19.5 Å². The number of hydrogen-bond acceptors (Lipinski definition) is 4. The zero-order valence-electron chi connectivity index (χ0n) is 16.3. The van der Waals surface area contributed by atoms with Gasteiger partial charge in [0.15, 0.2) is 5.96 Å². The van der Waals surface area contributed by atoms with E-state index < -0.39 is 0 Å². The first-order chi connectivity index (χ1) is 12.5. The molecule has 2 aromatic rings. The normalized spacial score (nSPS) is 10.9. The van der Waals surface area contributed by atoms with Gasteiger partial charge in [-0.3, -0.25) is 4.79 Å². The van der Waals surface area contributed by atoms with Crippen LogP contribution in [0.2, 0.25) is 0 Å². The van der Waals surface area contributed by atoms with Gasteiger partial charge in [-0.2, -0.15) is 0 Å². The van der Waals surface area contributed by atoms with Crippen molar-refractivity contribution in [1.29, 1.82) is 0 Å². The van der Waals surface area contributed by atoms with Crippen LogP contribution in [0.4, 0.5) is 0 Å². The van der Waals surface area contributed by atoms with Gasteiger partial charge in [-0.05, 0) is 31.0 Å². The highest BCUT2D eigenvalue weighted by Crippen LogP contribution is 2.13. The van der Waals surface area contributed by atoms with Crippen molar-refractivity contribution < 1.29 is 4.79 Å². The van der Waals surface area contributed by atoms with Crippen LogP contribution >= 0.6 is 35.3 Å². The smallest absolute Gasteiger partial charge is 0.253 e. The van der Waals surface area contributed by atoms with E-state index >= 15 is 0 Å². The van der Waals surface area contributed by atoms with Gasteiger partial charge in [0.05, 0.1) is 13.1 Å². The number of aryl methyl sites for hydroxylation is 1. The molecule has 0 saturated heterocycles. The molecule has 0 radical (unpaired) electrons. The molecule has 6 nitrogen and oxygen atoms in total. The third kappa shape index (κ3) is 7.45. The standard InChI is InChI=1S/C19H27N5OS.HI/c1-5-16-12-21-17(26-16)13-23-19(20-6-2)22-11-14-7-9-15(10-8-14)18(25)24(3)4;/h7-10,12H,5-6,11,13H2,1-4H3,(H2,20,22,23);1H. The number of nitrogens with zero attached hydrogens (tertiary/aromatic N) is 3. The Balaban J connectivity index is 0.00000364. The Morgan fingerprint density at radius 3 is 2.44 bits per heavy atom. The summed E-state index contributed by atoms with van der Waals surface area (Å²) in [4.78, 5) is 23.8. The Kier molecular flexibility index (Phi) is 10.3. The van der Waals surface area contributed by atoms with E-state index in [2.05, 4.69) is 27.5 Å². The van der Waals surface area contributed by atoms with Crippen LogP contribution in [0, 0.1) is 0 Å². The van der Waals surface area contributed by atoms with Gasteiger partial charge in [-0.15, -0.1) is 35.3 Å². The van der Waals surface area contributed by atoms with Gasteiger partial charge in [0.25, 0.3) is 5.91 Å². The van der Waals surface area contributed by atoms with Crippen molar-refractivity contribution in [1.82, 2.24) is 20.5 Å². The molecule has 148 valence electrons. The van der Waals surface area contributed by atoms with Crippen molar-refractivity contribution in [2.75, 3.05) is 20.6 Å². The second-order valence-electron chi connectivity index (χ2n) is 6.02. The summed E-state index contributed by atoms with van der Waals surface area (Å²) in [5, 5.41) is 7.61. The van der Waals surface area contributed by atoms with E-state index in [0.717, 1.165) is 29.5 Å². The Morgan fingerprint density at radius 1 is 1.19 bits per heavy atom. The van der Waals surface area contributed by atoms with Gasteiger partial charge >= 0.3 is 0 Å². The fourth-order valence-electron chi connectivity index (χ4n) is 2.28. The van der Waals surface area contributed by atoms with Crippen LogP contribution in [0.5, 0.6) is 0 Å². The minimum absolute atomic E-state index is 0. The number of carbonyl (C=O) groups is 1. The third-order valence-corrected chi connectivity index (χ3v) is 4.87. The molecule has 0 bridgehead atoms. The molecule has 0 fully saturated rings. The molecule has 27 heavy (non-hydrogen) atoms. The van der Waals surface area contributed by atoms with Crippen LogP contribution in [0.1, 0.15) is 39.7 Å². The van der Waals surface area contributed by atoms with Crippen molar-refractivity contribution in [2.24, 2.45) is 4.99 Å². The van der Waals surface area contributed by atoms with Gasteiger partial charge in [-0.1, -0.05) is 19.1 Å². The number of amides is 1. The maximum atomic E-state index is 11.9. The zero-order chi connectivity index (χ0) is 18.9. The summed E-state index contributed by atoms with van der Waals surface area (Å²) in [5.74, 6) is 0.763. The lowest BCUT2D eigenvalue weighted by Crippen LogP contribution is -2.36. The minimum atomic E-state index is 0. The highest BCUT2D eigenvalue weighted by atomic mass is 127. The van der Waals surface area contributed by atoms with E-state index in [-0.39, 0.29) is 29.9 Å². The number of rotatable bonds is 7. The van der Waals surface area contributed by atoms with E-state index in [9.17, 15) is 4.79 Å². The van der Waals surface area contributed by atoms with E-state index in [1.807, 2.05) is 37.4 Å². The summed E-state index contributed by atoms with van der Waals surface area (Å²) in [6, 6.07) is 7.57. The number of nitrogens with one attached hydrogen (secondary N) is 2.